The number of para-hydroxylation sites is 1. The third-order valence-corrected chi connectivity index (χ3v) is 4.92. The number of hydrogen-bond donors (Lipinski definition) is 0. The molecule has 23 heavy (non-hydrogen) atoms. The fraction of sp³-hybridized carbons (Fsp3) is 0.100. The van der Waals surface area contributed by atoms with E-state index in [-0.39, 0.29) is 5.92 Å². The van der Waals surface area contributed by atoms with E-state index in [1.165, 1.54) is 11.1 Å². The standard InChI is InChI=1S/C20H16O2S/c1-21-15-10-8-14(9-11-15)17-13-19(20-7-4-12-23-20)22-18-6-3-2-5-16(17)18/h2-13,17H,1H3/t17-/m1/s1. The largest absolute Gasteiger partial charge is 0.497 e. The molecule has 3 aromatic rings. The average molecular weight is 320 g/mol. The first-order valence-corrected chi connectivity index (χ1v) is 8.39. The van der Waals surface area contributed by atoms with Crippen molar-refractivity contribution in [2.45, 2.75) is 5.92 Å². The van der Waals surface area contributed by atoms with Crippen molar-refractivity contribution in [1.29, 1.82) is 0 Å². The highest BCUT2D eigenvalue weighted by Crippen LogP contribution is 2.41. The molecule has 4 rings (SSSR count). The first-order valence-electron chi connectivity index (χ1n) is 7.51. The zero-order valence-corrected chi connectivity index (χ0v) is 13.5. The van der Waals surface area contributed by atoms with Crippen molar-refractivity contribution in [3.63, 3.8) is 0 Å². The van der Waals surface area contributed by atoms with Crippen LogP contribution >= 0.6 is 11.3 Å². The number of ether oxygens (including phenoxy) is 2. The van der Waals surface area contributed by atoms with Crippen LogP contribution in [0.1, 0.15) is 21.9 Å². The van der Waals surface area contributed by atoms with Crippen LogP contribution in [0.4, 0.5) is 0 Å². The summed E-state index contributed by atoms with van der Waals surface area (Å²) in [6, 6.07) is 20.6. The molecular weight excluding hydrogens is 304 g/mol. The maximum absolute atomic E-state index is 6.12. The van der Waals surface area contributed by atoms with Crippen LogP contribution in [0.5, 0.6) is 11.5 Å². The zero-order chi connectivity index (χ0) is 15.6. The van der Waals surface area contributed by atoms with Gasteiger partial charge in [-0.1, -0.05) is 36.4 Å². The Morgan fingerprint density at radius 1 is 0.957 bits per heavy atom. The normalized spacial score (nSPS) is 16.2. The van der Waals surface area contributed by atoms with Gasteiger partial charge >= 0.3 is 0 Å². The van der Waals surface area contributed by atoms with Gasteiger partial charge in [0, 0.05) is 11.5 Å². The van der Waals surface area contributed by atoms with E-state index in [9.17, 15) is 0 Å². The Morgan fingerprint density at radius 3 is 2.52 bits per heavy atom. The summed E-state index contributed by atoms with van der Waals surface area (Å²) < 4.78 is 11.4. The molecule has 1 aliphatic heterocycles. The van der Waals surface area contributed by atoms with Crippen molar-refractivity contribution >= 4 is 17.1 Å². The molecule has 0 saturated carbocycles. The fourth-order valence-corrected chi connectivity index (χ4v) is 3.55. The number of thiophene rings is 1. The second kappa shape index (κ2) is 5.94. The first kappa shape index (κ1) is 14.1. The Morgan fingerprint density at radius 2 is 1.78 bits per heavy atom. The number of fused-ring (bicyclic) bond motifs is 1. The molecule has 2 aromatic carbocycles. The van der Waals surface area contributed by atoms with Crippen LogP contribution in [0.3, 0.4) is 0 Å². The van der Waals surface area contributed by atoms with Gasteiger partial charge in [0.1, 0.15) is 17.3 Å². The van der Waals surface area contributed by atoms with E-state index in [0.717, 1.165) is 22.1 Å². The molecule has 0 N–H and O–H groups in total. The number of rotatable bonds is 3. The van der Waals surface area contributed by atoms with E-state index in [1.807, 2.05) is 30.3 Å². The Hall–Kier alpha value is -2.52. The Labute approximate surface area is 139 Å². The van der Waals surface area contributed by atoms with Crippen LogP contribution in [0.25, 0.3) is 5.76 Å². The summed E-state index contributed by atoms with van der Waals surface area (Å²) in [7, 11) is 1.69. The first-order chi connectivity index (χ1) is 11.3. The van der Waals surface area contributed by atoms with E-state index in [1.54, 1.807) is 18.4 Å². The SMILES string of the molecule is COc1ccc([C@H]2C=C(c3cccs3)Oc3ccccc32)cc1. The van der Waals surface area contributed by atoms with Crippen LogP contribution in [0.2, 0.25) is 0 Å². The summed E-state index contributed by atoms with van der Waals surface area (Å²) in [5.41, 5.74) is 2.42. The minimum Gasteiger partial charge on any atom is -0.497 e. The van der Waals surface area contributed by atoms with Crippen molar-refractivity contribution in [2.75, 3.05) is 7.11 Å². The summed E-state index contributed by atoms with van der Waals surface area (Å²) in [6.07, 6.45) is 2.20. The maximum atomic E-state index is 6.12. The Bertz CT molecular complexity index is 832. The monoisotopic (exact) mass is 320 g/mol. The van der Waals surface area contributed by atoms with Gasteiger partial charge in [-0.3, -0.25) is 0 Å². The van der Waals surface area contributed by atoms with Gasteiger partial charge in [0.2, 0.25) is 0 Å². The van der Waals surface area contributed by atoms with Gasteiger partial charge in [0.25, 0.3) is 0 Å². The lowest BCUT2D eigenvalue weighted by Gasteiger charge is -2.25. The molecule has 1 aliphatic rings. The molecule has 0 spiro atoms. The molecule has 0 amide bonds. The highest BCUT2D eigenvalue weighted by Gasteiger charge is 2.24. The molecule has 2 nitrogen and oxygen atoms in total. The van der Waals surface area contributed by atoms with Crippen molar-refractivity contribution in [2.24, 2.45) is 0 Å². The highest BCUT2D eigenvalue weighted by atomic mass is 32.1. The number of methoxy groups -OCH3 is 1. The fourth-order valence-electron chi connectivity index (χ4n) is 2.86. The lowest BCUT2D eigenvalue weighted by atomic mass is 9.88. The minimum absolute atomic E-state index is 0.183. The summed E-state index contributed by atoms with van der Waals surface area (Å²) in [5.74, 6) is 2.92. The van der Waals surface area contributed by atoms with Crippen LogP contribution in [0, 0.1) is 0 Å². The van der Waals surface area contributed by atoms with Crippen LogP contribution in [-0.2, 0) is 0 Å². The molecule has 114 valence electrons. The quantitative estimate of drug-likeness (QED) is 0.650. The van der Waals surface area contributed by atoms with E-state index in [2.05, 4.69) is 41.8 Å². The molecule has 0 unspecified atom stereocenters. The zero-order valence-electron chi connectivity index (χ0n) is 12.7. The van der Waals surface area contributed by atoms with Crippen molar-refractivity contribution in [3.05, 3.63) is 88.1 Å². The van der Waals surface area contributed by atoms with Gasteiger partial charge in [-0.25, -0.2) is 0 Å². The third kappa shape index (κ3) is 2.64. The Balaban J connectivity index is 1.81. The third-order valence-electron chi connectivity index (χ3n) is 4.03. The van der Waals surface area contributed by atoms with Gasteiger partial charge < -0.3 is 9.47 Å². The smallest absolute Gasteiger partial charge is 0.141 e. The molecule has 1 aromatic heterocycles. The molecule has 1 atom stereocenters. The second-order valence-electron chi connectivity index (χ2n) is 5.40. The van der Waals surface area contributed by atoms with Crippen molar-refractivity contribution < 1.29 is 9.47 Å². The predicted octanol–water partition coefficient (Wildman–Crippen LogP) is 5.32. The lowest BCUT2D eigenvalue weighted by Crippen LogP contribution is -2.09. The minimum atomic E-state index is 0.183. The second-order valence-corrected chi connectivity index (χ2v) is 6.35. The summed E-state index contributed by atoms with van der Waals surface area (Å²) in [5, 5.41) is 2.07. The van der Waals surface area contributed by atoms with Gasteiger partial charge in [0.15, 0.2) is 0 Å². The molecule has 0 saturated heterocycles. The summed E-state index contributed by atoms with van der Waals surface area (Å²) in [6.45, 7) is 0. The van der Waals surface area contributed by atoms with E-state index >= 15 is 0 Å². The molecule has 2 heterocycles. The van der Waals surface area contributed by atoms with Crippen molar-refractivity contribution in [1.82, 2.24) is 0 Å². The van der Waals surface area contributed by atoms with Crippen LogP contribution < -0.4 is 9.47 Å². The number of benzene rings is 2. The highest BCUT2D eigenvalue weighted by molar-refractivity contribution is 7.11. The number of hydrogen-bond acceptors (Lipinski definition) is 3. The van der Waals surface area contributed by atoms with Crippen LogP contribution in [-0.4, -0.2) is 7.11 Å². The molecule has 0 bridgehead atoms. The van der Waals surface area contributed by atoms with E-state index in [0.29, 0.717) is 0 Å². The summed E-state index contributed by atoms with van der Waals surface area (Å²) in [4.78, 5) is 1.15. The van der Waals surface area contributed by atoms with E-state index in [4.69, 9.17) is 9.47 Å². The molecule has 3 heteroatoms. The van der Waals surface area contributed by atoms with Gasteiger partial charge in [0.05, 0.1) is 12.0 Å². The molecule has 0 fully saturated rings. The van der Waals surface area contributed by atoms with Gasteiger partial charge in [-0.2, -0.15) is 0 Å². The van der Waals surface area contributed by atoms with Gasteiger partial charge in [-0.15, -0.1) is 11.3 Å². The van der Waals surface area contributed by atoms with Crippen LogP contribution in [0.15, 0.2) is 72.1 Å². The predicted molar refractivity (Wildman–Crippen MR) is 94.2 cm³/mol. The average Bonchev–Trinajstić information content (AvgIpc) is 3.15. The molecular formula is C20H16O2S. The summed E-state index contributed by atoms with van der Waals surface area (Å²) >= 11 is 1.69. The maximum Gasteiger partial charge on any atom is 0.141 e. The Kier molecular flexibility index (Phi) is 3.64. The van der Waals surface area contributed by atoms with Crippen molar-refractivity contribution in [3.8, 4) is 11.5 Å². The lowest BCUT2D eigenvalue weighted by molar-refractivity contribution is 0.414. The topological polar surface area (TPSA) is 18.5 Å². The molecule has 0 aliphatic carbocycles. The van der Waals surface area contributed by atoms with Gasteiger partial charge in [-0.05, 0) is 41.3 Å². The number of allylic oxidation sites excluding steroid dienone is 1. The van der Waals surface area contributed by atoms with E-state index < -0.39 is 0 Å². The molecule has 0 radical (unpaired) electrons.